The van der Waals surface area contributed by atoms with Crippen LogP contribution in [-0.2, 0) is 22.6 Å². The zero-order chi connectivity index (χ0) is 16.9. The van der Waals surface area contributed by atoms with Crippen LogP contribution < -0.4 is 5.56 Å². The second-order valence-electron chi connectivity index (χ2n) is 5.28. The summed E-state index contributed by atoms with van der Waals surface area (Å²) in [6.45, 7) is -0.118. The van der Waals surface area contributed by atoms with E-state index in [2.05, 4.69) is 9.97 Å². The number of nitrogens with one attached hydrogen (secondary N) is 1. The summed E-state index contributed by atoms with van der Waals surface area (Å²) >= 11 is 0. The van der Waals surface area contributed by atoms with Gasteiger partial charge in [-0.15, -0.1) is 0 Å². The van der Waals surface area contributed by atoms with Gasteiger partial charge in [0.2, 0.25) is 0 Å². The lowest BCUT2D eigenvalue weighted by Crippen LogP contribution is -2.14. The molecule has 1 aromatic heterocycles. The number of aromatic nitrogens is 2. The molecule has 0 fully saturated rings. The van der Waals surface area contributed by atoms with Crippen LogP contribution in [0.1, 0.15) is 17.8 Å². The number of fused-ring (bicyclic) bond motifs is 1. The lowest BCUT2D eigenvalue weighted by atomic mass is 10.2. The van der Waals surface area contributed by atoms with Crippen LogP contribution in [0.5, 0.6) is 0 Å². The molecule has 2 aromatic carbocycles. The number of hydrogen-bond acceptors (Lipinski definition) is 4. The van der Waals surface area contributed by atoms with Crippen LogP contribution in [0.3, 0.4) is 0 Å². The summed E-state index contributed by atoms with van der Waals surface area (Å²) in [7, 11) is 0. The van der Waals surface area contributed by atoms with Gasteiger partial charge in [-0.05, 0) is 18.2 Å². The highest BCUT2D eigenvalue weighted by Gasteiger charge is 2.09. The van der Waals surface area contributed by atoms with Crippen molar-refractivity contribution >= 4 is 16.9 Å². The molecule has 0 amide bonds. The Morgan fingerprint density at radius 3 is 2.71 bits per heavy atom. The number of rotatable bonds is 5. The number of carbonyl (C=O) groups excluding carboxylic acids is 1. The van der Waals surface area contributed by atoms with Crippen LogP contribution in [0.4, 0.5) is 4.39 Å². The first kappa shape index (κ1) is 15.9. The van der Waals surface area contributed by atoms with Crippen LogP contribution in [0, 0.1) is 5.82 Å². The highest BCUT2D eigenvalue weighted by molar-refractivity contribution is 5.77. The normalized spacial score (nSPS) is 10.7. The van der Waals surface area contributed by atoms with Gasteiger partial charge in [-0.3, -0.25) is 9.59 Å². The number of hydrogen-bond donors (Lipinski definition) is 1. The Balaban J connectivity index is 1.60. The Bertz CT molecular complexity index is 937. The Morgan fingerprint density at radius 2 is 1.88 bits per heavy atom. The largest absolute Gasteiger partial charge is 0.461 e. The van der Waals surface area contributed by atoms with Gasteiger partial charge < -0.3 is 9.72 Å². The standard InChI is InChI=1S/C18H15FN2O3/c19-14-7-3-1-5-12(14)11-24-17(22)10-9-16-20-15-8-4-2-6-13(15)18(23)21-16/h1-8H,9-11H2,(H,20,21,23). The van der Waals surface area contributed by atoms with Gasteiger partial charge in [0, 0.05) is 12.0 Å². The second-order valence-corrected chi connectivity index (χ2v) is 5.28. The van der Waals surface area contributed by atoms with Crippen molar-refractivity contribution in [1.82, 2.24) is 9.97 Å². The van der Waals surface area contributed by atoms with Gasteiger partial charge >= 0.3 is 5.97 Å². The first-order valence-electron chi connectivity index (χ1n) is 7.50. The van der Waals surface area contributed by atoms with Gasteiger partial charge in [-0.2, -0.15) is 0 Å². The van der Waals surface area contributed by atoms with Crippen LogP contribution in [-0.4, -0.2) is 15.9 Å². The maximum Gasteiger partial charge on any atom is 0.306 e. The van der Waals surface area contributed by atoms with E-state index >= 15 is 0 Å². The number of halogens is 1. The number of aromatic amines is 1. The lowest BCUT2D eigenvalue weighted by molar-refractivity contribution is -0.145. The Morgan fingerprint density at radius 1 is 1.12 bits per heavy atom. The number of esters is 1. The van der Waals surface area contributed by atoms with E-state index in [0.29, 0.717) is 22.3 Å². The van der Waals surface area contributed by atoms with Gasteiger partial charge in [0.05, 0.1) is 17.3 Å². The maximum atomic E-state index is 13.4. The van der Waals surface area contributed by atoms with Crippen LogP contribution in [0.25, 0.3) is 10.9 Å². The third kappa shape index (κ3) is 3.65. The molecule has 6 heteroatoms. The topological polar surface area (TPSA) is 72.0 Å². The summed E-state index contributed by atoms with van der Waals surface area (Å²) in [5.41, 5.74) is 0.661. The van der Waals surface area contributed by atoms with Crippen molar-refractivity contribution in [3.05, 3.63) is 76.1 Å². The number of nitrogens with zero attached hydrogens (tertiary/aromatic N) is 1. The molecule has 0 atom stereocenters. The molecule has 0 radical (unpaired) electrons. The molecule has 24 heavy (non-hydrogen) atoms. The third-order valence-electron chi connectivity index (χ3n) is 3.57. The minimum atomic E-state index is -0.478. The van der Waals surface area contributed by atoms with E-state index in [1.54, 1.807) is 42.5 Å². The molecule has 0 bridgehead atoms. The van der Waals surface area contributed by atoms with E-state index in [9.17, 15) is 14.0 Å². The smallest absolute Gasteiger partial charge is 0.306 e. The number of para-hydroxylation sites is 1. The van der Waals surface area contributed by atoms with Crippen molar-refractivity contribution in [1.29, 1.82) is 0 Å². The van der Waals surface area contributed by atoms with Crippen molar-refractivity contribution < 1.29 is 13.9 Å². The molecule has 0 unspecified atom stereocenters. The number of benzene rings is 2. The SMILES string of the molecule is O=C(CCc1nc2ccccc2c(=O)[nH]1)OCc1ccccc1F. The number of ether oxygens (including phenoxy) is 1. The zero-order valence-corrected chi connectivity index (χ0v) is 12.8. The third-order valence-corrected chi connectivity index (χ3v) is 3.57. The van der Waals surface area contributed by atoms with E-state index in [4.69, 9.17) is 4.74 Å². The molecule has 122 valence electrons. The number of carbonyl (C=O) groups is 1. The summed E-state index contributed by atoms with van der Waals surface area (Å²) in [4.78, 5) is 30.7. The monoisotopic (exact) mass is 326 g/mol. The van der Waals surface area contributed by atoms with E-state index in [1.165, 1.54) is 6.07 Å². The molecule has 0 spiro atoms. The van der Waals surface area contributed by atoms with Gasteiger partial charge in [0.25, 0.3) is 5.56 Å². The molecule has 1 N–H and O–H groups in total. The minimum Gasteiger partial charge on any atom is -0.461 e. The first-order valence-corrected chi connectivity index (χ1v) is 7.50. The predicted molar refractivity (Wildman–Crippen MR) is 86.9 cm³/mol. The van der Waals surface area contributed by atoms with Crippen LogP contribution in [0.15, 0.2) is 53.3 Å². The molecule has 0 aliphatic rings. The van der Waals surface area contributed by atoms with Gasteiger partial charge in [0.15, 0.2) is 0 Å². The minimum absolute atomic E-state index is 0.0513. The summed E-state index contributed by atoms with van der Waals surface area (Å²) in [5, 5.41) is 0.503. The fourth-order valence-corrected chi connectivity index (χ4v) is 2.32. The summed E-state index contributed by atoms with van der Waals surface area (Å²) < 4.78 is 18.5. The highest BCUT2D eigenvalue weighted by atomic mass is 19.1. The van der Waals surface area contributed by atoms with Crippen LogP contribution in [0.2, 0.25) is 0 Å². The maximum absolute atomic E-state index is 13.4. The van der Waals surface area contributed by atoms with Gasteiger partial charge in [-0.1, -0.05) is 30.3 Å². The zero-order valence-electron chi connectivity index (χ0n) is 12.8. The first-order chi connectivity index (χ1) is 11.6. The molecule has 3 rings (SSSR count). The molecule has 0 saturated carbocycles. The van der Waals surface area contributed by atoms with Gasteiger partial charge in [0.1, 0.15) is 18.2 Å². The van der Waals surface area contributed by atoms with Gasteiger partial charge in [-0.25, -0.2) is 9.37 Å². The summed E-state index contributed by atoms with van der Waals surface area (Å²) in [5.74, 6) is -0.471. The molecule has 0 aliphatic carbocycles. The molecule has 1 heterocycles. The second kappa shape index (κ2) is 7.04. The van der Waals surface area contributed by atoms with Crippen molar-refractivity contribution in [3.8, 4) is 0 Å². The lowest BCUT2D eigenvalue weighted by Gasteiger charge is -2.06. The van der Waals surface area contributed by atoms with Crippen molar-refractivity contribution in [2.45, 2.75) is 19.4 Å². The average molecular weight is 326 g/mol. The molecular weight excluding hydrogens is 311 g/mol. The highest BCUT2D eigenvalue weighted by Crippen LogP contribution is 2.09. The predicted octanol–water partition coefficient (Wildman–Crippen LogP) is 2.74. The Labute approximate surface area is 137 Å². The van der Waals surface area contributed by atoms with E-state index < -0.39 is 11.8 Å². The summed E-state index contributed by atoms with van der Waals surface area (Å²) in [6.07, 6.45) is 0.298. The molecular formula is C18H15FN2O3. The summed E-state index contributed by atoms with van der Waals surface area (Å²) in [6, 6.07) is 13.1. The number of H-pyrrole nitrogens is 1. The van der Waals surface area contributed by atoms with Crippen molar-refractivity contribution in [2.24, 2.45) is 0 Å². The van der Waals surface area contributed by atoms with Crippen molar-refractivity contribution in [3.63, 3.8) is 0 Å². The van der Waals surface area contributed by atoms with Crippen molar-refractivity contribution in [2.75, 3.05) is 0 Å². The van der Waals surface area contributed by atoms with E-state index in [-0.39, 0.29) is 25.0 Å². The van der Waals surface area contributed by atoms with E-state index in [1.807, 2.05) is 0 Å². The fourth-order valence-electron chi connectivity index (χ4n) is 2.32. The fraction of sp³-hybridized carbons (Fsp3) is 0.167. The average Bonchev–Trinajstić information content (AvgIpc) is 2.59. The quantitative estimate of drug-likeness (QED) is 0.732. The number of aryl methyl sites for hydroxylation is 1. The Kier molecular flexibility index (Phi) is 4.65. The Hall–Kier alpha value is -3.02. The molecule has 5 nitrogen and oxygen atoms in total. The van der Waals surface area contributed by atoms with E-state index in [0.717, 1.165) is 0 Å². The molecule has 3 aromatic rings. The molecule has 0 aliphatic heterocycles. The van der Waals surface area contributed by atoms with Crippen LogP contribution >= 0.6 is 0 Å². The molecule has 0 saturated heterocycles.